The Kier molecular flexibility index (Phi) is 4.42. The number of rotatable bonds is 4. The number of benzene rings is 1. The SMILES string of the molecule is COC(=O)C(O)=C(C)c1ccc(C(=O)O)cc1[N+](=O)[O-]. The average Bonchev–Trinajstić information content (AvgIpc) is 2.43. The number of ether oxygens (including phenoxy) is 1. The molecule has 1 rings (SSSR count). The Morgan fingerprint density at radius 3 is 2.35 bits per heavy atom. The number of esters is 1. The van der Waals surface area contributed by atoms with Crippen molar-refractivity contribution in [2.24, 2.45) is 0 Å². The highest BCUT2D eigenvalue weighted by Crippen LogP contribution is 2.28. The van der Waals surface area contributed by atoms with Crippen LogP contribution in [0.4, 0.5) is 5.69 Å². The van der Waals surface area contributed by atoms with Crippen molar-refractivity contribution in [1.29, 1.82) is 0 Å². The molecule has 0 saturated heterocycles. The molecule has 2 N–H and O–H groups in total. The summed E-state index contributed by atoms with van der Waals surface area (Å²) in [4.78, 5) is 32.1. The standard InChI is InChI=1S/C12H11NO7/c1-6(10(14)12(17)20-2)8-4-3-7(11(15)16)5-9(8)13(18)19/h3-5,14H,1-2H3,(H,15,16). The van der Waals surface area contributed by atoms with Gasteiger partial charge in [0.25, 0.3) is 5.69 Å². The molecule has 0 aromatic heterocycles. The Bertz CT molecular complexity index is 618. The second kappa shape index (κ2) is 5.83. The molecule has 20 heavy (non-hydrogen) atoms. The molecule has 8 nitrogen and oxygen atoms in total. The van der Waals surface area contributed by atoms with Gasteiger partial charge in [0.1, 0.15) is 0 Å². The Hall–Kier alpha value is -2.90. The molecule has 0 heterocycles. The first-order valence-corrected chi connectivity index (χ1v) is 5.29. The number of allylic oxidation sites excluding steroid dienone is 1. The van der Waals surface area contributed by atoms with E-state index in [9.17, 15) is 24.8 Å². The van der Waals surface area contributed by atoms with E-state index in [0.29, 0.717) is 0 Å². The van der Waals surface area contributed by atoms with Crippen LogP contribution in [0.2, 0.25) is 0 Å². The summed E-state index contributed by atoms with van der Waals surface area (Å²) in [6, 6.07) is 3.14. The highest BCUT2D eigenvalue weighted by molar-refractivity contribution is 5.96. The molecule has 0 amide bonds. The number of aliphatic hydroxyl groups excluding tert-OH is 1. The van der Waals surface area contributed by atoms with Gasteiger partial charge in [-0.25, -0.2) is 9.59 Å². The molecule has 1 aromatic carbocycles. The Morgan fingerprint density at radius 2 is 1.90 bits per heavy atom. The number of carboxylic acids is 1. The lowest BCUT2D eigenvalue weighted by atomic mass is 10.0. The zero-order valence-corrected chi connectivity index (χ0v) is 10.6. The number of aromatic carboxylic acids is 1. The molecule has 0 unspecified atom stereocenters. The first kappa shape index (κ1) is 15.2. The Balaban J connectivity index is 3.49. The minimum absolute atomic E-state index is 0.0668. The Morgan fingerprint density at radius 1 is 1.30 bits per heavy atom. The maximum Gasteiger partial charge on any atom is 0.373 e. The fraction of sp³-hybridized carbons (Fsp3) is 0.167. The number of methoxy groups -OCH3 is 1. The minimum atomic E-state index is -1.32. The van der Waals surface area contributed by atoms with Gasteiger partial charge in [-0.2, -0.15) is 0 Å². The third kappa shape index (κ3) is 2.91. The number of aliphatic hydroxyl groups is 1. The van der Waals surface area contributed by atoms with Crippen LogP contribution in [0.3, 0.4) is 0 Å². The summed E-state index contributed by atoms with van der Waals surface area (Å²) in [6.07, 6.45) is 0. The molecule has 0 spiro atoms. The molecule has 0 atom stereocenters. The molecule has 106 valence electrons. The molecule has 0 bridgehead atoms. The van der Waals surface area contributed by atoms with Crippen molar-refractivity contribution in [2.75, 3.05) is 7.11 Å². The average molecular weight is 281 g/mol. The maximum atomic E-state index is 11.2. The predicted octanol–water partition coefficient (Wildman–Crippen LogP) is 1.75. The van der Waals surface area contributed by atoms with E-state index in [0.717, 1.165) is 25.3 Å². The number of nitro benzene ring substituents is 1. The molecule has 0 saturated carbocycles. The summed E-state index contributed by atoms with van der Waals surface area (Å²) in [6.45, 7) is 1.29. The number of carbonyl (C=O) groups is 2. The molecule has 0 aliphatic rings. The first-order valence-electron chi connectivity index (χ1n) is 5.29. The summed E-state index contributed by atoms with van der Waals surface area (Å²) in [5.41, 5.74) is -0.952. The van der Waals surface area contributed by atoms with Crippen molar-refractivity contribution in [3.8, 4) is 0 Å². The second-order valence-corrected chi connectivity index (χ2v) is 3.76. The Labute approximate surface area is 113 Å². The van der Waals surface area contributed by atoms with Crippen LogP contribution in [0.5, 0.6) is 0 Å². The van der Waals surface area contributed by atoms with Crippen LogP contribution in [0, 0.1) is 10.1 Å². The third-order valence-corrected chi connectivity index (χ3v) is 2.58. The topological polar surface area (TPSA) is 127 Å². The summed E-state index contributed by atoms with van der Waals surface area (Å²) >= 11 is 0. The van der Waals surface area contributed by atoms with Gasteiger partial charge in [0.15, 0.2) is 0 Å². The lowest BCUT2D eigenvalue weighted by Crippen LogP contribution is -2.07. The van der Waals surface area contributed by atoms with Crippen LogP contribution in [0.15, 0.2) is 24.0 Å². The summed E-state index contributed by atoms with van der Waals surface area (Å²) < 4.78 is 4.31. The van der Waals surface area contributed by atoms with Crippen molar-refractivity contribution in [3.05, 3.63) is 45.2 Å². The fourth-order valence-corrected chi connectivity index (χ4v) is 1.51. The molecule has 8 heteroatoms. The van der Waals surface area contributed by atoms with Crippen LogP contribution in [0.1, 0.15) is 22.8 Å². The van der Waals surface area contributed by atoms with Gasteiger partial charge in [0.05, 0.1) is 23.2 Å². The van der Waals surface area contributed by atoms with E-state index in [1.807, 2.05) is 0 Å². The second-order valence-electron chi connectivity index (χ2n) is 3.76. The van der Waals surface area contributed by atoms with Crippen LogP contribution >= 0.6 is 0 Å². The van der Waals surface area contributed by atoms with Gasteiger partial charge in [0, 0.05) is 11.6 Å². The van der Waals surface area contributed by atoms with Gasteiger partial charge >= 0.3 is 11.9 Å². The van der Waals surface area contributed by atoms with Gasteiger partial charge in [-0.05, 0) is 19.1 Å². The van der Waals surface area contributed by atoms with Gasteiger partial charge < -0.3 is 14.9 Å². The minimum Gasteiger partial charge on any atom is -0.502 e. The summed E-state index contributed by atoms with van der Waals surface area (Å²) in [7, 11) is 1.05. The van der Waals surface area contributed by atoms with Gasteiger partial charge in [-0.15, -0.1) is 0 Å². The molecule has 0 fully saturated rings. The van der Waals surface area contributed by atoms with Crippen molar-refractivity contribution in [1.82, 2.24) is 0 Å². The summed E-state index contributed by atoms with van der Waals surface area (Å²) in [5.74, 6) is -3.14. The molecule has 0 aliphatic carbocycles. The molecule has 0 aliphatic heterocycles. The lowest BCUT2D eigenvalue weighted by molar-refractivity contribution is -0.385. The zero-order chi connectivity index (χ0) is 15.4. The van der Waals surface area contributed by atoms with Crippen molar-refractivity contribution < 1.29 is 29.5 Å². The van der Waals surface area contributed by atoms with Crippen LogP contribution in [0.25, 0.3) is 5.57 Å². The van der Waals surface area contributed by atoms with E-state index >= 15 is 0 Å². The fourth-order valence-electron chi connectivity index (χ4n) is 1.51. The first-order chi connectivity index (χ1) is 9.29. The van der Waals surface area contributed by atoms with Gasteiger partial charge in [0.2, 0.25) is 5.76 Å². The number of carboxylic acid groups (broad SMARTS) is 1. The van der Waals surface area contributed by atoms with E-state index < -0.39 is 28.3 Å². The smallest absolute Gasteiger partial charge is 0.373 e. The van der Waals surface area contributed by atoms with E-state index in [4.69, 9.17) is 5.11 Å². The third-order valence-electron chi connectivity index (χ3n) is 2.58. The van der Waals surface area contributed by atoms with Crippen molar-refractivity contribution >= 4 is 23.2 Å². The largest absolute Gasteiger partial charge is 0.502 e. The van der Waals surface area contributed by atoms with Crippen molar-refractivity contribution in [3.63, 3.8) is 0 Å². The highest BCUT2D eigenvalue weighted by Gasteiger charge is 2.22. The van der Waals surface area contributed by atoms with Crippen LogP contribution in [-0.2, 0) is 9.53 Å². The molecular formula is C12H11NO7. The number of carbonyl (C=O) groups excluding carboxylic acids is 1. The molecule has 0 radical (unpaired) electrons. The molecule has 1 aromatic rings. The lowest BCUT2D eigenvalue weighted by Gasteiger charge is -2.06. The van der Waals surface area contributed by atoms with E-state index in [-0.39, 0.29) is 16.7 Å². The van der Waals surface area contributed by atoms with Crippen LogP contribution in [-0.4, -0.2) is 34.2 Å². The van der Waals surface area contributed by atoms with E-state index in [2.05, 4.69) is 4.74 Å². The van der Waals surface area contributed by atoms with E-state index in [1.165, 1.54) is 6.92 Å². The van der Waals surface area contributed by atoms with Gasteiger partial charge in [-0.3, -0.25) is 10.1 Å². The predicted molar refractivity (Wildman–Crippen MR) is 67.3 cm³/mol. The van der Waals surface area contributed by atoms with E-state index in [1.54, 1.807) is 0 Å². The maximum absolute atomic E-state index is 11.2. The number of nitrogens with zero attached hydrogens (tertiary/aromatic N) is 1. The van der Waals surface area contributed by atoms with Gasteiger partial charge in [-0.1, -0.05) is 0 Å². The van der Waals surface area contributed by atoms with Crippen LogP contribution < -0.4 is 0 Å². The number of nitro groups is 1. The number of hydrogen-bond acceptors (Lipinski definition) is 6. The molecular weight excluding hydrogens is 270 g/mol. The monoisotopic (exact) mass is 281 g/mol. The number of hydrogen-bond donors (Lipinski definition) is 2. The van der Waals surface area contributed by atoms with Crippen molar-refractivity contribution in [2.45, 2.75) is 6.92 Å². The summed E-state index contributed by atoms with van der Waals surface area (Å²) in [5, 5.41) is 29.3. The quantitative estimate of drug-likeness (QED) is 0.283. The zero-order valence-electron chi connectivity index (χ0n) is 10.6. The highest BCUT2D eigenvalue weighted by atomic mass is 16.6. The normalized spacial score (nSPS) is 11.5.